The molecule has 136 valence electrons. The van der Waals surface area contributed by atoms with E-state index in [1.165, 1.54) is 36.1 Å². The number of aryl methyl sites for hydroxylation is 2. The summed E-state index contributed by atoms with van der Waals surface area (Å²) in [6, 6.07) is 9.56. The lowest BCUT2D eigenvalue weighted by Crippen LogP contribution is -2.25. The van der Waals surface area contributed by atoms with Crippen LogP contribution < -0.4 is 10.6 Å². The number of hydrogen-bond acceptors (Lipinski definition) is 3. The summed E-state index contributed by atoms with van der Waals surface area (Å²) in [6.45, 7) is 0. The van der Waals surface area contributed by atoms with Crippen molar-refractivity contribution in [3.63, 3.8) is 0 Å². The maximum absolute atomic E-state index is 12.7. The molecule has 5 heteroatoms. The van der Waals surface area contributed by atoms with Gasteiger partial charge in [-0.3, -0.25) is 9.59 Å². The zero-order valence-corrected chi connectivity index (χ0v) is 15.7. The van der Waals surface area contributed by atoms with Gasteiger partial charge < -0.3 is 10.6 Å². The first-order valence-corrected chi connectivity index (χ1v) is 10.3. The van der Waals surface area contributed by atoms with Gasteiger partial charge in [0.05, 0.1) is 4.88 Å². The van der Waals surface area contributed by atoms with Crippen LogP contribution in [0.2, 0.25) is 0 Å². The quantitative estimate of drug-likeness (QED) is 0.832. The van der Waals surface area contributed by atoms with Crippen LogP contribution in [0.5, 0.6) is 0 Å². The number of carbonyl (C=O) groups excluding carboxylic acids is 2. The van der Waals surface area contributed by atoms with E-state index >= 15 is 0 Å². The molecule has 2 aliphatic carbocycles. The zero-order chi connectivity index (χ0) is 17.9. The van der Waals surface area contributed by atoms with Gasteiger partial charge in [-0.15, -0.1) is 11.3 Å². The Morgan fingerprint density at radius 2 is 1.77 bits per heavy atom. The maximum atomic E-state index is 12.7. The van der Waals surface area contributed by atoms with E-state index in [0.717, 1.165) is 30.6 Å². The van der Waals surface area contributed by atoms with Crippen LogP contribution in [-0.4, -0.2) is 17.9 Å². The van der Waals surface area contributed by atoms with Gasteiger partial charge in [0.2, 0.25) is 0 Å². The van der Waals surface area contributed by atoms with Crippen LogP contribution in [0.1, 0.15) is 69.0 Å². The molecule has 4 nitrogen and oxygen atoms in total. The number of fused-ring (bicyclic) bond motifs is 1. The summed E-state index contributed by atoms with van der Waals surface area (Å²) in [4.78, 5) is 27.0. The third-order valence-corrected chi connectivity index (χ3v) is 6.25. The van der Waals surface area contributed by atoms with Crippen molar-refractivity contribution in [3.8, 4) is 0 Å². The van der Waals surface area contributed by atoms with Gasteiger partial charge >= 0.3 is 0 Å². The third kappa shape index (κ3) is 4.15. The maximum Gasteiger partial charge on any atom is 0.265 e. The smallest absolute Gasteiger partial charge is 0.265 e. The SMILES string of the molecule is O=C(NC1CC1)c1cccc(NC(=O)c2cc3c(s2)CCCCCC3)c1. The number of rotatable bonds is 4. The Hall–Kier alpha value is -2.14. The third-order valence-electron chi connectivity index (χ3n) is 5.02. The highest BCUT2D eigenvalue weighted by Gasteiger charge is 2.24. The van der Waals surface area contributed by atoms with Crippen LogP contribution in [0.25, 0.3) is 0 Å². The summed E-state index contributed by atoms with van der Waals surface area (Å²) in [7, 11) is 0. The first-order valence-electron chi connectivity index (χ1n) is 9.53. The molecular formula is C21H24N2O2S. The predicted octanol–water partition coefficient (Wildman–Crippen LogP) is 4.55. The predicted molar refractivity (Wildman–Crippen MR) is 105 cm³/mol. The molecule has 0 spiro atoms. The van der Waals surface area contributed by atoms with Crippen molar-refractivity contribution >= 4 is 28.8 Å². The van der Waals surface area contributed by atoms with Crippen molar-refractivity contribution in [2.45, 2.75) is 57.4 Å². The van der Waals surface area contributed by atoms with Gasteiger partial charge in [-0.1, -0.05) is 18.9 Å². The number of carbonyl (C=O) groups is 2. The summed E-state index contributed by atoms with van der Waals surface area (Å²) in [5.74, 6) is -0.149. The topological polar surface area (TPSA) is 58.2 Å². The minimum Gasteiger partial charge on any atom is -0.349 e. The second kappa shape index (κ2) is 7.62. The molecular weight excluding hydrogens is 344 g/mol. The molecule has 0 bridgehead atoms. The number of anilines is 1. The Balaban J connectivity index is 1.46. The van der Waals surface area contributed by atoms with E-state index in [1.807, 2.05) is 12.1 Å². The molecule has 0 aliphatic heterocycles. The number of hydrogen-bond donors (Lipinski definition) is 2. The fourth-order valence-corrected chi connectivity index (χ4v) is 4.53. The van der Waals surface area contributed by atoms with Crippen LogP contribution in [0.15, 0.2) is 30.3 Å². The van der Waals surface area contributed by atoms with Gasteiger partial charge in [0.25, 0.3) is 11.8 Å². The molecule has 1 aromatic carbocycles. The van der Waals surface area contributed by atoms with Crippen LogP contribution in [-0.2, 0) is 12.8 Å². The van der Waals surface area contributed by atoms with Crippen LogP contribution in [0.3, 0.4) is 0 Å². The van der Waals surface area contributed by atoms with Gasteiger partial charge in [0.1, 0.15) is 0 Å². The molecule has 2 aliphatic rings. The molecule has 1 aromatic heterocycles. The number of benzene rings is 1. The van der Waals surface area contributed by atoms with Crippen LogP contribution >= 0.6 is 11.3 Å². The fraction of sp³-hybridized carbons (Fsp3) is 0.429. The van der Waals surface area contributed by atoms with E-state index in [4.69, 9.17) is 0 Å². The first-order chi connectivity index (χ1) is 12.7. The monoisotopic (exact) mass is 368 g/mol. The Kier molecular flexibility index (Phi) is 5.07. The van der Waals surface area contributed by atoms with E-state index in [0.29, 0.717) is 17.3 Å². The minimum absolute atomic E-state index is 0.0670. The molecule has 0 saturated heterocycles. The number of thiophene rings is 1. The van der Waals surface area contributed by atoms with Gasteiger partial charge in [-0.25, -0.2) is 0 Å². The molecule has 4 rings (SSSR count). The largest absolute Gasteiger partial charge is 0.349 e. The van der Waals surface area contributed by atoms with Crippen molar-refractivity contribution < 1.29 is 9.59 Å². The Morgan fingerprint density at radius 1 is 0.962 bits per heavy atom. The van der Waals surface area contributed by atoms with Crippen molar-refractivity contribution in [1.29, 1.82) is 0 Å². The fourth-order valence-electron chi connectivity index (χ4n) is 3.38. The summed E-state index contributed by atoms with van der Waals surface area (Å²) < 4.78 is 0. The highest BCUT2D eigenvalue weighted by molar-refractivity contribution is 7.14. The van der Waals surface area contributed by atoms with E-state index in [2.05, 4.69) is 16.7 Å². The average Bonchev–Trinajstić information content (AvgIpc) is 3.34. The molecule has 2 N–H and O–H groups in total. The van der Waals surface area contributed by atoms with E-state index < -0.39 is 0 Å². The Labute approximate surface area is 158 Å². The Bertz CT molecular complexity index is 798. The van der Waals surface area contributed by atoms with Gasteiger partial charge in [-0.05, 0) is 68.4 Å². The van der Waals surface area contributed by atoms with Gasteiger partial charge in [0, 0.05) is 22.2 Å². The molecule has 0 unspecified atom stereocenters. The van der Waals surface area contributed by atoms with Crippen molar-refractivity contribution in [2.75, 3.05) is 5.32 Å². The van der Waals surface area contributed by atoms with Crippen LogP contribution in [0.4, 0.5) is 5.69 Å². The molecule has 0 radical (unpaired) electrons. The van der Waals surface area contributed by atoms with Crippen molar-refractivity contribution in [1.82, 2.24) is 5.32 Å². The number of nitrogens with one attached hydrogen (secondary N) is 2. The molecule has 2 aromatic rings. The number of amides is 2. The van der Waals surface area contributed by atoms with E-state index in [1.54, 1.807) is 23.5 Å². The van der Waals surface area contributed by atoms with Crippen molar-refractivity contribution in [3.05, 3.63) is 51.2 Å². The normalized spacial score (nSPS) is 16.9. The lowest BCUT2D eigenvalue weighted by Gasteiger charge is -2.07. The lowest BCUT2D eigenvalue weighted by molar-refractivity contribution is 0.0949. The van der Waals surface area contributed by atoms with E-state index in [9.17, 15) is 9.59 Å². The van der Waals surface area contributed by atoms with Gasteiger partial charge in [-0.2, -0.15) is 0 Å². The summed E-state index contributed by atoms with van der Waals surface area (Å²) in [6.07, 6.45) is 9.28. The second-order valence-electron chi connectivity index (χ2n) is 7.26. The summed E-state index contributed by atoms with van der Waals surface area (Å²) >= 11 is 1.62. The standard InChI is InChI=1S/C21H24N2O2S/c24-20(22-16-10-11-16)15-7-5-8-17(12-15)23-21(25)19-13-14-6-3-1-2-4-9-18(14)26-19/h5,7-8,12-13,16H,1-4,6,9-11H2,(H,22,24)(H,23,25). The molecule has 1 heterocycles. The first kappa shape index (κ1) is 17.3. The molecule has 2 amide bonds. The van der Waals surface area contributed by atoms with E-state index in [-0.39, 0.29) is 11.8 Å². The van der Waals surface area contributed by atoms with Crippen LogP contribution in [0, 0.1) is 0 Å². The summed E-state index contributed by atoms with van der Waals surface area (Å²) in [5.41, 5.74) is 2.60. The highest BCUT2D eigenvalue weighted by atomic mass is 32.1. The zero-order valence-electron chi connectivity index (χ0n) is 14.8. The average molecular weight is 369 g/mol. The molecule has 1 fully saturated rings. The van der Waals surface area contributed by atoms with Crippen molar-refractivity contribution in [2.24, 2.45) is 0 Å². The van der Waals surface area contributed by atoms with Gasteiger partial charge in [0.15, 0.2) is 0 Å². The molecule has 0 atom stereocenters. The highest BCUT2D eigenvalue weighted by Crippen LogP contribution is 2.29. The lowest BCUT2D eigenvalue weighted by atomic mass is 10.00. The minimum atomic E-state index is -0.0819. The second-order valence-corrected chi connectivity index (χ2v) is 8.39. The molecule has 26 heavy (non-hydrogen) atoms. The Morgan fingerprint density at radius 3 is 2.58 bits per heavy atom. The molecule has 1 saturated carbocycles. The summed E-state index contributed by atoms with van der Waals surface area (Å²) in [5, 5.41) is 5.93.